The van der Waals surface area contributed by atoms with Crippen LogP contribution >= 0.6 is 11.8 Å². The Morgan fingerprint density at radius 2 is 1.68 bits per heavy atom. The van der Waals surface area contributed by atoms with Crippen molar-refractivity contribution in [1.29, 1.82) is 0 Å². The summed E-state index contributed by atoms with van der Waals surface area (Å²) in [5, 5.41) is 8.56. The van der Waals surface area contributed by atoms with Crippen LogP contribution in [0.1, 0.15) is 32.6 Å². The first kappa shape index (κ1) is 17.4. The number of rotatable bonds is 5. The number of thioether (sulfide) groups is 1. The molecule has 0 bridgehead atoms. The van der Waals surface area contributed by atoms with Crippen LogP contribution in [0, 0.1) is 27.7 Å². The Hall–Kier alpha value is -2.40. The molecule has 1 aromatic heterocycles. The lowest BCUT2D eigenvalue weighted by Gasteiger charge is -2.04. The monoisotopic (exact) mass is 352 g/mol. The fourth-order valence-electron chi connectivity index (χ4n) is 2.81. The maximum absolute atomic E-state index is 12.4. The van der Waals surface area contributed by atoms with Gasteiger partial charge in [0.15, 0.2) is 5.78 Å². The number of ketones is 1. The summed E-state index contributed by atoms with van der Waals surface area (Å²) in [6, 6.07) is 12.0. The van der Waals surface area contributed by atoms with Crippen LogP contribution in [-0.2, 0) is 0 Å². The lowest BCUT2D eigenvalue weighted by molar-refractivity contribution is 0.102. The second kappa shape index (κ2) is 7.23. The number of aryl methyl sites for hydroxylation is 4. The van der Waals surface area contributed by atoms with Crippen LogP contribution in [0.5, 0.6) is 0 Å². The molecule has 2 aromatic carbocycles. The lowest BCUT2D eigenvalue weighted by atomic mass is 10.0. The van der Waals surface area contributed by atoms with Gasteiger partial charge in [-0.2, -0.15) is 0 Å². The Morgan fingerprint density at radius 1 is 0.960 bits per heavy atom. The van der Waals surface area contributed by atoms with Crippen molar-refractivity contribution < 1.29 is 9.21 Å². The van der Waals surface area contributed by atoms with E-state index in [1.807, 2.05) is 58.0 Å². The molecule has 3 aromatic rings. The molecule has 128 valence electrons. The number of hydrogen-bond donors (Lipinski definition) is 0. The number of carbonyl (C=O) groups is 1. The van der Waals surface area contributed by atoms with Crippen LogP contribution < -0.4 is 0 Å². The molecule has 5 heteroatoms. The van der Waals surface area contributed by atoms with E-state index in [0.29, 0.717) is 11.1 Å². The molecule has 1 heterocycles. The van der Waals surface area contributed by atoms with Crippen LogP contribution in [0.2, 0.25) is 0 Å². The van der Waals surface area contributed by atoms with Crippen LogP contribution in [0.3, 0.4) is 0 Å². The Balaban J connectivity index is 1.70. The molecular formula is C20H20N2O2S. The lowest BCUT2D eigenvalue weighted by Crippen LogP contribution is -2.04. The predicted octanol–water partition coefficient (Wildman–Crippen LogP) is 4.95. The van der Waals surface area contributed by atoms with Crippen molar-refractivity contribution in [1.82, 2.24) is 10.2 Å². The van der Waals surface area contributed by atoms with Gasteiger partial charge in [-0.3, -0.25) is 4.79 Å². The number of benzene rings is 2. The molecule has 0 aliphatic heterocycles. The molecule has 0 saturated heterocycles. The van der Waals surface area contributed by atoms with Crippen LogP contribution in [-0.4, -0.2) is 21.7 Å². The van der Waals surface area contributed by atoms with E-state index in [4.69, 9.17) is 4.42 Å². The topological polar surface area (TPSA) is 56.0 Å². The minimum atomic E-state index is 0.0636. The minimum absolute atomic E-state index is 0.0636. The zero-order valence-electron chi connectivity index (χ0n) is 14.8. The summed E-state index contributed by atoms with van der Waals surface area (Å²) in [6.45, 7) is 8.04. The van der Waals surface area contributed by atoms with E-state index in [0.717, 1.165) is 33.4 Å². The molecule has 3 rings (SSSR count). The van der Waals surface area contributed by atoms with Crippen molar-refractivity contribution in [3.8, 4) is 11.5 Å². The van der Waals surface area contributed by atoms with Gasteiger partial charge in [-0.15, -0.1) is 10.2 Å². The van der Waals surface area contributed by atoms with Gasteiger partial charge in [-0.1, -0.05) is 52.7 Å². The van der Waals surface area contributed by atoms with Gasteiger partial charge in [0.1, 0.15) is 0 Å². The number of carbonyl (C=O) groups excluding carboxylic acids is 1. The van der Waals surface area contributed by atoms with Gasteiger partial charge >= 0.3 is 0 Å². The quantitative estimate of drug-likeness (QED) is 0.480. The van der Waals surface area contributed by atoms with Crippen molar-refractivity contribution in [2.24, 2.45) is 0 Å². The smallest absolute Gasteiger partial charge is 0.277 e. The molecule has 0 atom stereocenters. The van der Waals surface area contributed by atoms with E-state index in [2.05, 4.69) is 16.3 Å². The predicted molar refractivity (Wildman–Crippen MR) is 100 cm³/mol. The summed E-state index contributed by atoms with van der Waals surface area (Å²) in [5.41, 5.74) is 6.08. The molecule has 0 aliphatic rings. The fourth-order valence-corrected chi connectivity index (χ4v) is 3.46. The first-order valence-electron chi connectivity index (χ1n) is 8.08. The van der Waals surface area contributed by atoms with E-state index in [1.54, 1.807) is 0 Å². The maximum Gasteiger partial charge on any atom is 0.277 e. The maximum atomic E-state index is 12.4. The third-order valence-corrected chi connectivity index (χ3v) is 4.70. The van der Waals surface area contributed by atoms with E-state index in [9.17, 15) is 4.79 Å². The van der Waals surface area contributed by atoms with Crippen molar-refractivity contribution >= 4 is 17.5 Å². The molecule has 0 fully saturated rings. The van der Waals surface area contributed by atoms with Gasteiger partial charge in [0, 0.05) is 11.1 Å². The molecule has 0 amide bonds. The zero-order chi connectivity index (χ0) is 18.0. The molecular weight excluding hydrogens is 332 g/mol. The Bertz CT molecular complexity index is 911. The molecule has 0 unspecified atom stereocenters. The SMILES string of the molecule is Cc1cc(C)cc(-c2nnc(SCC(=O)c3ccc(C)cc3C)o2)c1. The summed E-state index contributed by atoms with van der Waals surface area (Å²) in [4.78, 5) is 12.4. The van der Waals surface area contributed by atoms with Crippen molar-refractivity contribution in [2.45, 2.75) is 32.9 Å². The minimum Gasteiger partial charge on any atom is -0.411 e. The van der Waals surface area contributed by atoms with E-state index in [-0.39, 0.29) is 11.5 Å². The summed E-state index contributed by atoms with van der Waals surface area (Å²) in [5.74, 6) is 0.820. The molecule has 0 N–H and O–H groups in total. The molecule has 4 nitrogen and oxygen atoms in total. The summed E-state index contributed by atoms with van der Waals surface area (Å²) < 4.78 is 5.70. The summed E-state index contributed by atoms with van der Waals surface area (Å²) >= 11 is 1.27. The van der Waals surface area contributed by atoms with E-state index >= 15 is 0 Å². The van der Waals surface area contributed by atoms with Gasteiger partial charge in [0.2, 0.25) is 5.89 Å². The highest BCUT2D eigenvalue weighted by Crippen LogP contribution is 2.25. The van der Waals surface area contributed by atoms with Crippen molar-refractivity contribution in [3.63, 3.8) is 0 Å². The highest BCUT2D eigenvalue weighted by Gasteiger charge is 2.14. The third kappa shape index (κ3) is 4.17. The third-order valence-electron chi connectivity index (χ3n) is 3.88. The standard InChI is InChI=1S/C20H20N2O2S/c1-12-5-6-17(15(4)8-12)18(23)11-25-20-22-21-19(24-20)16-9-13(2)7-14(3)10-16/h5-10H,11H2,1-4H3. The number of nitrogens with zero attached hydrogens (tertiary/aromatic N) is 2. The van der Waals surface area contributed by atoms with E-state index < -0.39 is 0 Å². The summed E-state index contributed by atoms with van der Waals surface area (Å²) in [6.07, 6.45) is 0. The summed E-state index contributed by atoms with van der Waals surface area (Å²) in [7, 11) is 0. The second-order valence-corrected chi connectivity index (χ2v) is 7.21. The molecule has 0 radical (unpaired) electrons. The zero-order valence-corrected chi connectivity index (χ0v) is 15.6. The highest BCUT2D eigenvalue weighted by atomic mass is 32.2. The Kier molecular flexibility index (Phi) is 5.04. The normalized spacial score (nSPS) is 10.9. The number of aromatic nitrogens is 2. The second-order valence-electron chi connectivity index (χ2n) is 6.28. The van der Waals surface area contributed by atoms with Gasteiger partial charge < -0.3 is 4.42 Å². The molecule has 0 spiro atoms. The highest BCUT2D eigenvalue weighted by molar-refractivity contribution is 7.99. The molecule has 0 aliphatic carbocycles. The van der Waals surface area contributed by atoms with Gasteiger partial charge in [0.25, 0.3) is 5.22 Å². The van der Waals surface area contributed by atoms with Crippen molar-refractivity contribution in [2.75, 3.05) is 5.75 Å². The Labute approximate surface area is 151 Å². The number of hydrogen-bond acceptors (Lipinski definition) is 5. The van der Waals surface area contributed by atoms with Crippen LogP contribution in [0.4, 0.5) is 0 Å². The van der Waals surface area contributed by atoms with Gasteiger partial charge in [0.05, 0.1) is 5.75 Å². The van der Waals surface area contributed by atoms with Crippen LogP contribution in [0.25, 0.3) is 11.5 Å². The number of Topliss-reactive ketones (excluding diaryl/α,β-unsaturated/α-hetero) is 1. The first-order valence-corrected chi connectivity index (χ1v) is 9.06. The molecule has 25 heavy (non-hydrogen) atoms. The average Bonchev–Trinajstić information content (AvgIpc) is 3.00. The van der Waals surface area contributed by atoms with Crippen LogP contribution in [0.15, 0.2) is 46.0 Å². The first-order chi connectivity index (χ1) is 11.9. The largest absolute Gasteiger partial charge is 0.411 e. The Morgan fingerprint density at radius 3 is 2.36 bits per heavy atom. The molecule has 0 saturated carbocycles. The van der Waals surface area contributed by atoms with E-state index in [1.165, 1.54) is 11.8 Å². The van der Waals surface area contributed by atoms with Gasteiger partial charge in [-0.05, 0) is 45.4 Å². The van der Waals surface area contributed by atoms with Gasteiger partial charge in [-0.25, -0.2) is 0 Å². The fraction of sp³-hybridized carbons (Fsp3) is 0.250. The van der Waals surface area contributed by atoms with Crippen molar-refractivity contribution in [3.05, 3.63) is 64.2 Å². The average molecular weight is 352 g/mol.